The average molecular weight is 371 g/mol. The van der Waals surface area contributed by atoms with Crippen LogP contribution in [0.2, 0.25) is 0 Å². The van der Waals surface area contributed by atoms with Crippen LogP contribution in [0.25, 0.3) is 0 Å². The number of hydrogen-bond donors (Lipinski definition) is 4. The van der Waals surface area contributed by atoms with Gasteiger partial charge in [-0.3, -0.25) is 14.4 Å². The standard InChI is InChI=1S/C18H21N5O4/c1-23-13-8-11(10-22-18-20-6-7-21-18)2-3-12(13)15(24)9-14(23)17(27)19-5-4-16(25)26/h2-3,6-8,14H,4-5,9-10H2,1H3,(H,19,27)(H,25,26)(H2,20,21,22)/t14-/m0/s1. The summed E-state index contributed by atoms with van der Waals surface area (Å²) in [6.07, 6.45) is 3.27. The number of nitrogens with zero attached hydrogens (tertiary/aromatic N) is 2. The number of carbonyl (C=O) groups excluding carboxylic acids is 2. The van der Waals surface area contributed by atoms with Gasteiger partial charge in [-0.15, -0.1) is 0 Å². The van der Waals surface area contributed by atoms with E-state index in [1.165, 1.54) is 0 Å². The topological polar surface area (TPSA) is 127 Å². The quantitative estimate of drug-likeness (QED) is 0.572. The molecule has 4 N–H and O–H groups in total. The zero-order valence-electron chi connectivity index (χ0n) is 14.9. The zero-order valence-corrected chi connectivity index (χ0v) is 14.9. The number of likely N-dealkylation sites (N-methyl/N-ethyl adjacent to an activating group) is 1. The fourth-order valence-electron chi connectivity index (χ4n) is 3.03. The zero-order chi connectivity index (χ0) is 19.4. The molecular formula is C18H21N5O4. The first kappa shape index (κ1) is 18.4. The molecule has 2 aromatic rings. The number of H-pyrrole nitrogens is 1. The average Bonchev–Trinajstić information content (AvgIpc) is 3.16. The number of nitrogens with one attached hydrogen (secondary N) is 3. The van der Waals surface area contributed by atoms with Crippen molar-refractivity contribution in [2.24, 2.45) is 0 Å². The summed E-state index contributed by atoms with van der Waals surface area (Å²) < 4.78 is 0. The molecule has 1 aromatic carbocycles. The molecule has 27 heavy (non-hydrogen) atoms. The molecule has 3 rings (SSSR count). The molecule has 9 heteroatoms. The Labute approximate surface area is 155 Å². The Morgan fingerprint density at radius 2 is 2.22 bits per heavy atom. The summed E-state index contributed by atoms with van der Waals surface area (Å²) in [5.41, 5.74) is 2.20. The van der Waals surface area contributed by atoms with Gasteiger partial charge in [0.05, 0.1) is 6.42 Å². The Balaban J connectivity index is 1.72. The van der Waals surface area contributed by atoms with Crippen LogP contribution in [0.4, 0.5) is 11.6 Å². The highest BCUT2D eigenvalue weighted by atomic mass is 16.4. The summed E-state index contributed by atoms with van der Waals surface area (Å²) in [5, 5.41) is 14.4. The van der Waals surface area contributed by atoms with E-state index in [1.807, 2.05) is 12.1 Å². The van der Waals surface area contributed by atoms with Crippen LogP contribution in [0.15, 0.2) is 30.6 Å². The Bertz CT molecular complexity index is 849. The monoisotopic (exact) mass is 371 g/mol. The van der Waals surface area contributed by atoms with Gasteiger partial charge in [-0.1, -0.05) is 6.07 Å². The van der Waals surface area contributed by atoms with E-state index in [4.69, 9.17) is 5.11 Å². The van der Waals surface area contributed by atoms with Crippen LogP contribution < -0.4 is 15.5 Å². The van der Waals surface area contributed by atoms with E-state index in [0.29, 0.717) is 23.7 Å². The Morgan fingerprint density at radius 1 is 1.41 bits per heavy atom. The van der Waals surface area contributed by atoms with E-state index in [9.17, 15) is 14.4 Å². The molecule has 1 aliphatic heterocycles. The summed E-state index contributed by atoms with van der Waals surface area (Å²) >= 11 is 0. The second-order valence-electron chi connectivity index (χ2n) is 6.33. The van der Waals surface area contributed by atoms with Crippen molar-refractivity contribution in [2.75, 3.05) is 23.8 Å². The lowest BCUT2D eigenvalue weighted by Gasteiger charge is -2.34. The molecule has 0 aliphatic carbocycles. The van der Waals surface area contributed by atoms with E-state index in [0.717, 1.165) is 5.56 Å². The van der Waals surface area contributed by atoms with Gasteiger partial charge in [-0.2, -0.15) is 0 Å². The molecule has 2 heterocycles. The van der Waals surface area contributed by atoms with Crippen molar-refractivity contribution in [1.29, 1.82) is 0 Å². The smallest absolute Gasteiger partial charge is 0.305 e. The number of benzene rings is 1. The summed E-state index contributed by atoms with van der Waals surface area (Å²) in [5.74, 6) is -0.792. The van der Waals surface area contributed by atoms with Gasteiger partial charge in [-0.25, -0.2) is 4.98 Å². The molecular weight excluding hydrogens is 350 g/mol. The van der Waals surface area contributed by atoms with Gasteiger partial charge in [0.25, 0.3) is 0 Å². The van der Waals surface area contributed by atoms with Crippen molar-refractivity contribution >= 4 is 29.3 Å². The van der Waals surface area contributed by atoms with Gasteiger partial charge in [0, 0.05) is 50.2 Å². The van der Waals surface area contributed by atoms with Crippen LogP contribution in [-0.4, -0.2) is 52.4 Å². The van der Waals surface area contributed by atoms with Crippen molar-refractivity contribution in [3.05, 3.63) is 41.7 Å². The van der Waals surface area contributed by atoms with Crippen LogP contribution in [0, 0.1) is 0 Å². The van der Waals surface area contributed by atoms with E-state index >= 15 is 0 Å². The molecule has 9 nitrogen and oxygen atoms in total. The van der Waals surface area contributed by atoms with Gasteiger partial charge in [0.15, 0.2) is 11.7 Å². The molecule has 0 bridgehead atoms. The third-order valence-electron chi connectivity index (χ3n) is 4.49. The first-order valence-corrected chi connectivity index (χ1v) is 8.57. The second-order valence-corrected chi connectivity index (χ2v) is 6.33. The fourth-order valence-corrected chi connectivity index (χ4v) is 3.03. The van der Waals surface area contributed by atoms with E-state index in [2.05, 4.69) is 20.6 Å². The number of rotatable bonds is 7. The maximum absolute atomic E-state index is 12.5. The number of amides is 1. The first-order valence-electron chi connectivity index (χ1n) is 8.57. The van der Waals surface area contributed by atoms with Crippen molar-refractivity contribution in [3.63, 3.8) is 0 Å². The molecule has 1 aromatic heterocycles. The largest absolute Gasteiger partial charge is 0.481 e. The minimum absolute atomic E-state index is 0.0344. The normalized spacial score (nSPS) is 16.0. The third-order valence-corrected chi connectivity index (χ3v) is 4.49. The van der Waals surface area contributed by atoms with Crippen molar-refractivity contribution in [1.82, 2.24) is 15.3 Å². The summed E-state index contributed by atoms with van der Waals surface area (Å²) in [7, 11) is 1.76. The lowest BCUT2D eigenvalue weighted by atomic mass is 9.93. The van der Waals surface area contributed by atoms with E-state index < -0.39 is 12.0 Å². The number of anilines is 2. The number of hydrogen-bond acceptors (Lipinski definition) is 6. The minimum Gasteiger partial charge on any atom is -0.481 e. The van der Waals surface area contributed by atoms with Crippen LogP contribution in [0.1, 0.15) is 28.8 Å². The van der Waals surface area contributed by atoms with Crippen LogP contribution in [0.3, 0.4) is 0 Å². The number of aliphatic carboxylic acids is 1. The van der Waals surface area contributed by atoms with E-state index in [1.54, 1.807) is 30.4 Å². The molecule has 0 fully saturated rings. The lowest BCUT2D eigenvalue weighted by molar-refractivity contribution is -0.136. The molecule has 142 valence electrons. The summed E-state index contributed by atoms with van der Waals surface area (Å²) in [4.78, 5) is 44.3. The number of ketones is 1. The highest BCUT2D eigenvalue weighted by Crippen LogP contribution is 2.30. The summed E-state index contributed by atoms with van der Waals surface area (Å²) in [6.45, 7) is 0.547. The third kappa shape index (κ3) is 4.25. The predicted octanol–water partition coefficient (Wildman–Crippen LogP) is 1.00. The number of fused-ring (bicyclic) bond motifs is 1. The van der Waals surface area contributed by atoms with Crippen LogP contribution in [-0.2, 0) is 16.1 Å². The minimum atomic E-state index is -0.984. The molecule has 1 atom stereocenters. The van der Waals surface area contributed by atoms with Crippen molar-refractivity contribution in [3.8, 4) is 0 Å². The van der Waals surface area contributed by atoms with Crippen LogP contribution >= 0.6 is 0 Å². The highest BCUT2D eigenvalue weighted by Gasteiger charge is 2.33. The molecule has 1 amide bonds. The maximum Gasteiger partial charge on any atom is 0.305 e. The predicted molar refractivity (Wildman–Crippen MR) is 98.8 cm³/mol. The maximum atomic E-state index is 12.5. The number of imidazole rings is 1. The molecule has 0 saturated heterocycles. The number of aromatic amines is 1. The van der Waals surface area contributed by atoms with Gasteiger partial charge >= 0.3 is 5.97 Å². The van der Waals surface area contributed by atoms with Gasteiger partial charge in [-0.05, 0) is 17.7 Å². The highest BCUT2D eigenvalue weighted by molar-refractivity contribution is 6.07. The number of carbonyl (C=O) groups is 3. The number of carboxylic acids is 1. The lowest BCUT2D eigenvalue weighted by Crippen LogP contribution is -2.49. The Hall–Kier alpha value is -3.36. The van der Waals surface area contributed by atoms with E-state index in [-0.39, 0.29) is 31.1 Å². The van der Waals surface area contributed by atoms with Crippen molar-refractivity contribution < 1.29 is 19.5 Å². The SMILES string of the molecule is CN1c2cc(CNc3ncc[nH]3)ccc2C(=O)C[C@H]1C(=O)NCCC(=O)O. The summed E-state index contributed by atoms with van der Waals surface area (Å²) in [6, 6.07) is 4.85. The molecule has 0 saturated carbocycles. The fraction of sp³-hybridized carbons (Fsp3) is 0.333. The van der Waals surface area contributed by atoms with Gasteiger partial charge in [0.1, 0.15) is 6.04 Å². The number of aromatic nitrogens is 2. The molecule has 0 spiro atoms. The number of Topliss-reactive ketones (excluding diaryl/α,β-unsaturated/α-hetero) is 1. The van der Waals surface area contributed by atoms with Gasteiger partial charge in [0.2, 0.25) is 5.91 Å². The Kier molecular flexibility index (Phi) is 5.39. The first-order chi connectivity index (χ1) is 13.0. The molecule has 1 aliphatic rings. The second kappa shape index (κ2) is 7.90. The van der Waals surface area contributed by atoms with Gasteiger partial charge < -0.3 is 25.6 Å². The van der Waals surface area contributed by atoms with Crippen molar-refractivity contribution in [2.45, 2.75) is 25.4 Å². The van der Waals surface area contributed by atoms with Crippen LogP contribution in [0.5, 0.6) is 0 Å². The number of carboxylic acid groups (broad SMARTS) is 1. The molecule has 0 radical (unpaired) electrons. The Morgan fingerprint density at radius 3 is 2.93 bits per heavy atom. The molecule has 0 unspecified atom stereocenters.